The first kappa shape index (κ1) is 23.5. The molecule has 1 aliphatic heterocycles. The minimum atomic E-state index is 0. The van der Waals surface area contributed by atoms with Crippen molar-refractivity contribution in [3.63, 3.8) is 0 Å². The van der Waals surface area contributed by atoms with Crippen molar-refractivity contribution in [2.75, 3.05) is 53.4 Å². The Morgan fingerprint density at radius 3 is 2.38 bits per heavy atom. The van der Waals surface area contributed by atoms with E-state index in [-0.39, 0.29) is 43.1 Å². The standard InChI is InChI=1S/C13H26N4O.3ClH/c1-16-5-6-17(2)12(10-16)8-15-13(18)9-14-7-11-3-4-11;;;/h11-12,14H,3-10H2,1-2H3,(H,15,18);3*1H. The molecular weight excluding hydrogens is 335 g/mol. The molecule has 0 aromatic rings. The molecule has 2 rings (SSSR count). The van der Waals surface area contributed by atoms with Crippen molar-refractivity contribution in [2.24, 2.45) is 5.92 Å². The van der Waals surface area contributed by atoms with Crippen molar-refractivity contribution < 1.29 is 4.79 Å². The van der Waals surface area contributed by atoms with Crippen LogP contribution >= 0.6 is 37.2 Å². The van der Waals surface area contributed by atoms with E-state index in [1.165, 1.54) is 12.8 Å². The number of carbonyl (C=O) groups excluding carboxylic acids is 1. The van der Waals surface area contributed by atoms with Crippen molar-refractivity contribution in [3.05, 3.63) is 0 Å². The SMILES string of the molecule is CN1CCN(C)C(CNC(=O)CNCC2CC2)C1.Cl.Cl.Cl. The highest BCUT2D eigenvalue weighted by Crippen LogP contribution is 2.27. The molecule has 21 heavy (non-hydrogen) atoms. The number of likely N-dealkylation sites (N-methyl/N-ethyl adjacent to an activating group) is 2. The van der Waals surface area contributed by atoms with Gasteiger partial charge in [-0.25, -0.2) is 0 Å². The lowest BCUT2D eigenvalue weighted by molar-refractivity contribution is -0.120. The molecule has 1 saturated carbocycles. The number of hydrogen-bond donors (Lipinski definition) is 2. The number of piperazine rings is 1. The molecule has 128 valence electrons. The van der Waals surface area contributed by atoms with Gasteiger partial charge in [0.25, 0.3) is 0 Å². The molecule has 1 amide bonds. The molecule has 2 fully saturated rings. The maximum atomic E-state index is 11.7. The second-order valence-corrected chi connectivity index (χ2v) is 5.78. The van der Waals surface area contributed by atoms with E-state index in [4.69, 9.17) is 0 Å². The van der Waals surface area contributed by atoms with E-state index in [9.17, 15) is 4.79 Å². The molecule has 0 bridgehead atoms. The Morgan fingerprint density at radius 2 is 1.76 bits per heavy atom. The van der Waals surface area contributed by atoms with Gasteiger partial charge in [0.2, 0.25) is 5.91 Å². The van der Waals surface area contributed by atoms with Crippen molar-refractivity contribution in [1.29, 1.82) is 0 Å². The molecule has 0 aromatic heterocycles. The molecule has 8 heteroatoms. The third kappa shape index (κ3) is 9.06. The average Bonchev–Trinajstić information content (AvgIpc) is 3.14. The summed E-state index contributed by atoms with van der Waals surface area (Å²) in [5, 5.41) is 6.25. The third-order valence-corrected chi connectivity index (χ3v) is 3.93. The predicted octanol–water partition coefficient (Wildman–Crippen LogP) is 0.613. The number of amides is 1. The zero-order chi connectivity index (χ0) is 13.0. The summed E-state index contributed by atoms with van der Waals surface area (Å²) in [6, 6.07) is 0.441. The molecule has 5 nitrogen and oxygen atoms in total. The maximum absolute atomic E-state index is 11.7. The molecule has 0 aromatic carbocycles. The van der Waals surface area contributed by atoms with E-state index in [1.807, 2.05) is 0 Å². The summed E-state index contributed by atoms with van der Waals surface area (Å²) in [7, 11) is 4.27. The highest BCUT2D eigenvalue weighted by atomic mass is 35.5. The Kier molecular flexibility index (Phi) is 13.1. The molecule has 2 N–H and O–H groups in total. The van der Waals surface area contributed by atoms with Gasteiger partial charge in [-0.1, -0.05) is 0 Å². The first-order valence-corrected chi connectivity index (χ1v) is 7.01. The zero-order valence-electron chi connectivity index (χ0n) is 12.8. The van der Waals surface area contributed by atoms with E-state index in [2.05, 4.69) is 34.5 Å². The van der Waals surface area contributed by atoms with Gasteiger partial charge in [-0.05, 0) is 39.4 Å². The number of carbonyl (C=O) groups is 1. The normalized spacial score (nSPS) is 22.5. The van der Waals surface area contributed by atoms with Crippen LogP contribution in [0.5, 0.6) is 0 Å². The van der Waals surface area contributed by atoms with E-state index in [0.717, 1.165) is 38.6 Å². The summed E-state index contributed by atoms with van der Waals surface area (Å²) in [4.78, 5) is 16.3. The van der Waals surface area contributed by atoms with Crippen molar-refractivity contribution in [1.82, 2.24) is 20.4 Å². The van der Waals surface area contributed by atoms with E-state index in [0.29, 0.717) is 12.6 Å². The largest absolute Gasteiger partial charge is 0.353 e. The molecule has 0 radical (unpaired) electrons. The quantitative estimate of drug-likeness (QED) is 0.726. The Balaban J connectivity index is 0. The van der Waals surface area contributed by atoms with E-state index in [1.54, 1.807) is 0 Å². The summed E-state index contributed by atoms with van der Waals surface area (Å²) in [6.45, 7) is 5.44. The van der Waals surface area contributed by atoms with Gasteiger partial charge in [0, 0.05) is 32.2 Å². The highest BCUT2D eigenvalue weighted by molar-refractivity contribution is 5.86. The molecule has 1 heterocycles. The topological polar surface area (TPSA) is 47.6 Å². The summed E-state index contributed by atoms with van der Waals surface area (Å²) >= 11 is 0. The number of rotatable bonds is 6. The van der Waals surface area contributed by atoms with Crippen LogP contribution in [0.1, 0.15) is 12.8 Å². The molecule has 0 spiro atoms. The minimum absolute atomic E-state index is 0. The van der Waals surface area contributed by atoms with Crippen molar-refractivity contribution >= 4 is 43.1 Å². The lowest BCUT2D eigenvalue weighted by Gasteiger charge is -2.37. The number of halogens is 3. The Bertz CT molecular complexity index is 293. The van der Waals surface area contributed by atoms with Gasteiger partial charge < -0.3 is 15.5 Å². The Labute approximate surface area is 146 Å². The van der Waals surface area contributed by atoms with Crippen LogP contribution in [0.3, 0.4) is 0 Å². The van der Waals surface area contributed by atoms with Gasteiger partial charge in [-0.15, -0.1) is 37.2 Å². The fourth-order valence-electron chi connectivity index (χ4n) is 2.33. The van der Waals surface area contributed by atoms with Gasteiger partial charge >= 0.3 is 0 Å². The molecular formula is C13H29Cl3N4O. The van der Waals surface area contributed by atoms with Gasteiger partial charge in [-0.2, -0.15) is 0 Å². The lowest BCUT2D eigenvalue weighted by Crippen LogP contribution is -2.54. The minimum Gasteiger partial charge on any atom is -0.353 e. The van der Waals surface area contributed by atoms with Gasteiger partial charge in [0.05, 0.1) is 6.54 Å². The van der Waals surface area contributed by atoms with Crippen LogP contribution in [0, 0.1) is 5.92 Å². The number of hydrogen-bond acceptors (Lipinski definition) is 4. The van der Waals surface area contributed by atoms with E-state index < -0.39 is 0 Å². The van der Waals surface area contributed by atoms with E-state index >= 15 is 0 Å². The van der Waals surface area contributed by atoms with Crippen LogP contribution in [-0.4, -0.2) is 75.1 Å². The van der Waals surface area contributed by atoms with Gasteiger partial charge in [0.1, 0.15) is 0 Å². The second-order valence-electron chi connectivity index (χ2n) is 5.78. The molecule has 1 atom stereocenters. The predicted molar refractivity (Wildman–Crippen MR) is 94.3 cm³/mol. The molecule has 2 aliphatic rings. The number of nitrogens with zero attached hydrogens (tertiary/aromatic N) is 2. The summed E-state index contributed by atoms with van der Waals surface area (Å²) in [6.07, 6.45) is 2.65. The highest BCUT2D eigenvalue weighted by Gasteiger charge is 2.23. The molecule has 1 saturated heterocycles. The van der Waals surface area contributed by atoms with Crippen molar-refractivity contribution in [3.8, 4) is 0 Å². The monoisotopic (exact) mass is 362 g/mol. The zero-order valence-corrected chi connectivity index (χ0v) is 15.3. The van der Waals surface area contributed by atoms with Crippen LogP contribution in [-0.2, 0) is 4.79 Å². The van der Waals surface area contributed by atoms with Crippen LogP contribution in [0.25, 0.3) is 0 Å². The first-order chi connectivity index (χ1) is 8.65. The smallest absolute Gasteiger partial charge is 0.234 e. The van der Waals surface area contributed by atoms with Gasteiger partial charge in [-0.3, -0.25) is 9.69 Å². The Hall–Kier alpha value is 0.220. The fraction of sp³-hybridized carbons (Fsp3) is 0.923. The van der Waals surface area contributed by atoms with Crippen LogP contribution in [0.2, 0.25) is 0 Å². The third-order valence-electron chi connectivity index (χ3n) is 3.93. The first-order valence-electron chi connectivity index (χ1n) is 7.01. The molecule has 1 aliphatic carbocycles. The number of nitrogens with one attached hydrogen (secondary N) is 2. The van der Waals surface area contributed by atoms with Crippen LogP contribution < -0.4 is 10.6 Å². The maximum Gasteiger partial charge on any atom is 0.234 e. The van der Waals surface area contributed by atoms with Crippen LogP contribution in [0.4, 0.5) is 0 Å². The lowest BCUT2D eigenvalue weighted by atomic mass is 10.2. The fourth-order valence-corrected chi connectivity index (χ4v) is 2.33. The van der Waals surface area contributed by atoms with Crippen molar-refractivity contribution in [2.45, 2.75) is 18.9 Å². The average molecular weight is 364 g/mol. The summed E-state index contributed by atoms with van der Waals surface area (Å²) in [5.41, 5.74) is 0. The summed E-state index contributed by atoms with van der Waals surface area (Å²) < 4.78 is 0. The Morgan fingerprint density at radius 1 is 1.10 bits per heavy atom. The molecule has 1 unspecified atom stereocenters. The van der Waals surface area contributed by atoms with Crippen LogP contribution in [0.15, 0.2) is 0 Å². The summed E-state index contributed by atoms with van der Waals surface area (Å²) in [5.74, 6) is 0.952. The second kappa shape index (κ2) is 11.7. The van der Waals surface area contributed by atoms with Gasteiger partial charge in [0.15, 0.2) is 0 Å².